The van der Waals surface area contributed by atoms with Crippen LogP contribution < -0.4 is 4.90 Å². The van der Waals surface area contributed by atoms with Gasteiger partial charge in [0.2, 0.25) is 0 Å². The van der Waals surface area contributed by atoms with Gasteiger partial charge in [0.25, 0.3) is 0 Å². The summed E-state index contributed by atoms with van der Waals surface area (Å²) >= 11 is 6.40. The van der Waals surface area contributed by atoms with E-state index in [0.717, 1.165) is 5.56 Å². The number of ether oxygens (including phenoxy) is 1. The molecule has 0 aliphatic carbocycles. The lowest BCUT2D eigenvalue weighted by Gasteiger charge is -2.29. The van der Waals surface area contributed by atoms with Crippen LogP contribution in [0.2, 0.25) is 5.02 Å². The van der Waals surface area contributed by atoms with Crippen LogP contribution in [0.5, 0.6) is 0 Å². The van der Waals surface area contributed by atoms with Crippen molar-refractivity contribution in [3.05, 3.63) is 76.1 Å². The Morgan fingerprint density at radius 1 is 0.950 bits per heavy atom. The molecule has 0 unspecified atom stereocenters. The highest BCUT2D eigenvalue weighted by Gasteiger charge is 2.37. The summed E-state index contributed by atoms with van der Waals surface area (Å²) in [6.45, 7) is 2.98. The van der Waals surface area contributed by atoms with E-state index in [1.807, 2.05) is 24.0 Å². The maximum absolute atomic E-state index is 13.5. The number of anilines is 1. The SMILES string of the molecule is C[C@H](c1ccccc1Cl)n1cnnc1-c1nnn(Cc2cc(C(F)(F)F)cc(C(F)(F)F)c2)c1N1CCOCC1. The minimum Gasteiger partial charge on any atom is -0.378 e. The van der Waals surface area contributed by atoms with E-state index in [9.17, 15) is 26.3 Å². The van der Waals surface area contributed by atoms with Gasteiger partial charge in [-0.05, 0) is 42.3 Å². The second kappa shape index (κ2) is 10.7. The molecule has 0 spiro atoms. The summed E-state index contributed by atoms with van der Waals surface area (Å²) in [7, 11) is 0. The van der Waals surface area contributed by atoms with Gasteiger partial charge in [0.15, 0.2) is 17.3 Å². The Morgan fingerprint density at radius 3 is 2.23 bits per heavy atom. The number of morpholine rings is 1. The molecule has 2 aromatic carbocycles. The second-order valence-corrected chi connectivity index (χ2v) is 9.60. The van der Waals surface area contributed by atoms with Gasteiger partial charge in [0.1, 0.15) is 6.33 Å². The minimum absolute atomic E-state index is 0.0950. The highest BCUT2D eigenvalue weighted by atomic mass is 35.5. The minimum atomic E-state index is -4.97. The van der Waals surface area contributed by atoms with Gasteiger partial charge in [-0.2, -0.15) is 26.3 Å². The Labute approximate surface area is 229 Å². The molecule has 0 N–H and O–H groups in total. The van der Waals surface area contributed by atoms with Crippen LogP contribution in [-0.2, 0) is 23.6 Å². The summed E-state index contributed by atoms with van der Waals surface area (Å²) < 4.78 is 89.3. The summed E-state index contributed by atoms with van der Waals surface area (Å²) in [6.07, 6.45) is -8.45. The third kappa shape index (κ3) is 5.63. The van der Waals surface area contributed by atoms with Crippen LogP contribution in [0.1, 0.15) is 35.2 Å². The Hall–Kier alpha value is -3.65. The van der Waals surface area contributed by atoms with E-state index in [1.54, 1.807) is 16.7 Å². The van der Waals surface area contributed by atoms with E-state index in [4.69, 9.17) is 16.3 Å². The first-order chi connectivity index (χ1) is 18.9. The molecule has 0 bridgehead atoms. The van der Waals surface area contributed by atoms with E-state index in [0.29, 0.717) is 55.1 Å². The maximum Gasteiger partial charge on any atom is 0.416 e. The predicted octanol–water partition coefficient (Wildman–Crippen LogP) is 5.72. The van der Waals surface area contributed by atoms with Crippen molar-refractivity contribution < 1.29 is 31.1 Å². The number of aromatic nitrogens is 6. The summed E-state index contributed by atoms with van der Waals surface area (Å²) in [5, 5.41) is 17.2. The van der Waals surface area contributed by atoms with Crippen molar-refractivity contribution in [2.75, 3.05) is 31.2 Å². The van der Waals surface area contributed by atoms with Crippen molar-refractivity contribution in [2.24, 2.45) is 0 Å². The fraction of sp³-hybridized carbons (Fsp3) is 0.360. The average molecular weight is 586 g/mol. The molecule has 2 aromatic heterocycles. The molecule has 4 aromatic rings. The standard InChI is InChI=1S/C25H22ClF6N7O/c1-15(19-4-2-3-5-20(19)26)38-14-33-35-22(38)21-23(37-6-8-40-9-7-37)39(36-34-21)13-16-10-17(24(27,28)29)12-18(11-16)25(30,31)32/h2-5,10-12,14-15H,6-9,13H2,1H3/t15-/m1/s1. The van der Waals surface area contributed by atoms with Gasteiger partial charge in [0, 0.05) is 18.1 Å². The summed E-state index contributed by atoms with van der Waals surface area (Å²) in [5.41, 5.74) is -1.99. The van der Waals surface area contributed by atoms with Crippen LogP contribution in [0.25, 0.3) is 11.5 Å². The van der Waals surface area contributed by atoms with Crippen LogP contribution in [0, 0.1) is 0 Å². The lowest BCUT2D eigenvalue weighted by atomic mass is 10.0. The summed E-state index contributed by atoms with van der Waals surface area (Å²) in [5.74, 6) is 0.676. The van der Waals surface area contributed by atoms with Crippen molar-refractivity contribution in [3.8, 4) is 11.5 Å². The lowest BCUT2D eigenvalue weighted by Crippen LogP contribution is -2.38. The summed E-state index contributed by atoms with van der Waals surface area (Å²) in [4.78, 5) is 1.86. The Morgan fingerprint density at radius 2 is 1.60 bits per heavy atom. The van der Waals surface area contributed by atoms with Crippen molar-refractivity contribution in [1.82, 2.24) is 29.8 Å². The predicted molar refractivity (Wildman–Crippen MR) is 133 cm³/mol. The number of alkyl halides is 6. The topological polar surface area (TPSA) is 73.9 Å². The molecule has 212 valence electrons. The number of rotatable bonds is 6. The fourth-order valence-electron chi connectivity index (χ4n) is 4.59. The number of hydrogen-bond acceptors (Lipinski definition) is 6. The zero-order valence-electron chi connectivity index (χ0n) is 20.9. The van der Waals surface area contributed by atoms with Crippen molar-refractivity contribution >= 4 is 17.4 Å². The van der Waals surface area contributed by atoms with Gasteiger partial charge >= 0.3 is 12.4 Å². The van der Waals surface area contributed by atoms with Crippen LogP contribution in [0.15, 0.2) is 48.8 Å². The smallest absolute Gasteiger partial charge is 0.378 e. The number of benzene rings is 2. The van der Waals surface area contributed by atoms with Crippen molar-refractivity contribution in [1.29, 1.82) is 0 Å². The van der Waals surface area contributed by atoms with E-state index < -0.39 is 30.0 Å². The summed E-state index contributed by atoms with van der Waals surface area (Å²) in [6, 6.07) is 8.35. The van der Waals surface area contributed by atoms with E-state index >= 15 is 0 Å². The highest BCUT2D eigenvalue weighted by Crippen LogP contribution is 2.38. The van der Waals surface area contributed by atoms with Gasteiger partial charge in [-0.1, -0.05) is 35.0 Å². The molecule has 0 amide bonds. The van der Waals surface area contributed by atoms with Crippen LogP contribution in [0.3, 0.4) is 0 Å². The highest BCUT2D eigenvalue weighted by molar-refractivity contribution is 6.31. The van der Waals surface area contributed by atoms with Gasteiger partial charge in [-0.25, -0.2) is 4.68 Å². The Kier molecular flexibility index (Phi) is 7.48. The number of halogens is 7. The Balaban J connectivity index is 1.60. The van der Waals surface area contributed by atoms with Crippen molar-refractivity contribution in [3.63, 3.8) is 0 Å². The molecule has 15 heteroatoms. The molecule has 1 fully saturated rings. The zero-order chi connectivity index (χ0) is 28.7. The number of nitrogens with zero attached hydrogens (tertiary/aromatic N) is 7. The molecular weight excluding hydrogens is 564 g/mol. The first-order valence-electron chi connectivity index (χ1n) is 12.1. The molecule has 1 saturated heterocycles. The Bertz CT molecular complexity index is 1460. The zero-order valence-corrected chi connectivity index (χ0v) is 21.7. The molecule has 1 aliphatic heterocycles. The molecule has 5 rings (SSSR count). The van der Waals surface area contributed by atoms with E-state index in [2.05, 4.69) is 20.5 Å². The first-order valence-corrected chi connectivity index (χ1v) is 12.5. The molecule has 3 heterocycles. The van der Waals surface area contributed by atoms with Crippen LogP contribution >= 0.6 is 11.6 Å². The average Bonchev–Trinajstić information content (AvgIpc) is 3.55. The first kappa shape index (κ1) is 27.9. The molecule has 8 nitrogen and oxygen atoms in total. The van der Waals surface area contributed by atoms with Crippen molar-refractivity contribution in [2.45, 2.75) is 31.9 Å². The van der Waals surface area contributed by atoms with Crippen LogP contribution in [0.4, 0.5) is 32.2 Å². The largest absolute Gasteiger partial charge is 0.416 e. The van der Waals surface area contributed by atoms with Gasteiger partial charge in [0.05, 0.1) is 36.9 Å². The number of hydrogen-bond donors (Lipinski definition) is 0. The fourth-order valence-corrected chi connectivity index (χ4v) is 4.88. The molecule has 0 saturated carbocycles. The van der Waals surface area contributed by atoms with Crippen LogP contribution in [-0.4, -0.2) is 56.1 Å². The maximum atomic E-state index is 13.5. The van der Waals surface area contributed by atoms with Gasteiger partial charge in [-0.15, -0.1) is 15.3 Å². The third-order valence-corrected chi connectivity index (χ3v) is 6.90. The van der Waals surface area contributed by atoms with E-state index in [-0.39, 0.29) is 23.4 Å². The molecule has 0 radical (unpaired) electrons. The normalized spacial score (nSPS) is 15.4. The van der Waals surface area contributed by atoms with Gasteiger partial charge in [-0.3, -0.25) is 0 Å². The monoisotopic (exact) mass is 585 g/mol. The molecular formula is C25H22ClF6N7O. The second-order valence-electron chi connectivity index (χ2n) is 9.19. The van der Waals surface area contributed by atoms with E-state index in [1.165, 1.54) is 11.0 Å². The quantitative estimate of drug-likeness (QED) is 0.270. The molecule has 40 heavy (non-hydrogen) atoms. The lowest BCUT2D eigenvalue weighted by molar-refractivity contribution is -0.143. The van der Waals surface area contributed by atoms with Gasteiger partial charge < -0.3 is 14.2 Å². The molecule has 1 atom stereocenters. The molecule has 1 aliphatic rings. The third-order valence-electron chi connectivity index (χ3n) is 6.56.